The fraction of sp³-hybridized carbons (Fsp3) is 0.455. The third-order valence-corrected chi connectivity index (χ3v) is 1.78. The summed E-state index contributed by atoms with van der Waals surface area (Å²) in [6.45, 7) is 4.44. The third-order valence-electron chi connectivity index (χ3n) is 1.78. The zero-order valence-corrected chi connectivity index (χ0v) is 8.00. The van der Waals surface area contributed by atoms with Crippen molar-refractivity contribution in [2.75, 3.05) is 7.11 Å². The quantitative estimate of drug-likeness (QED) is 0.669. The molecular formula is C11H17O+. The lowest BCUT2D eigenvalue weighted by Crippen LogP contribution is -1.94. The molecule has 0 radical (unpaired) electrons. The van der Waals surface area contributed by atoms with Gasteiger partial charge in [0.25, 0.3) is 0 Å². The van der Waals surface area contributed by atoms with E-state index in [4.69, 9.17) is 4.74 Å². The number of ether oxygens (including phenoxy) is 1. The number of rotatable bonds is 3. The molecule has 1 heteroatoms. The van der Waals surface area contributed by atoms with Crippen molar-refractivity contribution in [1.82, 2.24) is 0 Å². The maximum Gasteiger partial charge on any atom is 1.00 e. The number of hydrogen-bond acceptors (Lipinski definition) is 1. The van der Waals surface area contributed by atoms with Gasteiger partial charge in [-0.15, -0.1) is 0 Å². The maximum absolute atomic E-state index is 5.14. The Bertz CT molecular complexity index is 246. The molecule has 1 rings (SSSR count). The van der Waals surface area contributed by atoms with Crippen LogP contribution in [0.5, 0.6) is 5.75 Å². The molecule has 0 heterocycles. The van der Waals surface area contributed by atoms with Crippen LogP contribution in [0.25, 0.3) is 0 Å². The first kappa shape index (κ1) is 9.11. The van der Waals surface area contributed by atoms with Gasteiger partial charge < -0.3 is 4.74 Å². The summed E-state index contributed by atoms with van der Waals surface area (Å²) >= 11 is 0. The number of methoxy groups -OCH3 is 1. The first-order valence-corrected chi connectivity index (χ1v) is 4.35. The zero-order valence-electron chi connectivity index (χ0n) is 9.00. The standard InChI is InChI=1S/C11H16O/c1-9(2)7-10-5-4-6-11(8-10)12-3/h4-6,8-9H,7H2,1-3H3/p+1. The monoisotopic (exact) mass is 165 g/mol. The minimum absolute atomic E-state index is 0. The van der Waals surface area contributed by atoms with Crippen LogP contribution in [0.3, 0.4) is 0 Å². The van der Waals surface area contributed by atoms with Crippen LogP contribution in [0.15, 0.2) is 24.3 Å². The van der Waals surface area contributed by atoms with Crippen molar-refractivity contribution < 1.29 is 6.16 Å². The van der Waals surface area contributed by atoms with Gasteiger partial charge in [0.2, 0.25) is 0 Å². The molecule has 0 spiro atoms. The van der Waals surface area contributed by atoms with Crippen LogP contribution in [0.4, 0.5) is 0 Å². The van der Waals surface area contributed by atoms with Crippen molar-refractivity contribution >= 4 is 0 Å². The summed E-state index contributed by atoms with van der Waals surface area (Å²) in [6, 6.07) is 8.25. The van der Waals surface area contributed by atoms with Crippen LogP contribution in [0.2, 0.25) is 0 Å². The third kappa shape index (κ3) is 2.57. The Morgan fingerprint density at radius 1 is 1.42 bits per heavy atom. The van der Waals surface area contributed by atoms with Crippen LogP contribution < -0.4 is 4.74 Å². The van der Waals surface area contributed by atoms with E-state index in [0.717, 1.165) is 12.2 Å². The van der Waals surface area contributed by atoms with Gasteiger partial charge in [-0.3, -0.25) is 0 Å². The molecule has 0 aliphatic heterocycles. The van der Waals surface area contributed by atoms with Crippen LogP contribution in [0.1, 0.15) is 20.8 Å². The molecule has 0 aliphatic rings. The van der Waals surface area contributed by atoms with Gasteiger partial charge in [-0.25, -0.2) is 0 Å². The predicted octanol–water partition coefficient (Wildman–Crippen LogP) is 3.01. The van der Waals surface area contributed by atoms with Gasteiger partial charge in [0.15, 0.2) is 0 Å². The van der Waals surface area contributed by atoms with E-state index in [1.807, 2.05) is 12.1 Å². The Kier molecular flexibility index (Phi) is 3.15. The van der Waals surface area contributed by atoms with Gasteiger partial charge in [0.05, 0.1) is 7.11 Å². The molecule has 0 fully saturated rings. The van der Waals surface area contributed by atoms with Crippen LogP contribution in [0, 0.1) is 5.92 Å². The van der Waals surface area contributed by atoms with Gasteiger partial charge in [0, 0.05) is 0 Å². The first-order valence-electron chi connectivity index (χ1n) is 4.35. The minimum atomic E-state index is 0. The summed E-state index contributed by atoms with van der Waals surface area (Å²) in [4.78, 5) is 0. The molecular weight excluding hydrogens is 148 g/mol. The summed E-state index contributed by atoms with van der Waals surface area (Å²) < 4.78 is 5.14. The van der Waals surface area contributed by atoms with Crippen molar-refractivity contribution in [3.05, 3.63) is 29.8 Å². The SMILES string of the molecule is COc1cccc(CC(C)C)c1.[H+]. The Morgan fingerprint density at radius 2 is 2.17 bits per heavy atom. The molecule has 0 saturated carbocycles. The van der Waals surface area contributed by atoms with E-state index < -0.39 is 0 Å². The number of benzene rings is 1. The minimum Gasteiger partial charge on any atom is -0.497 e. The zero-order chi connectivity index (χ0) is 8.97. The van der Waals surface area contributed by atoms with Gasteiger partial charge in [-0.2, -0.15) is 0 Å². The van der Waals surface area contributed by atoms with E-state index in [1.165, 1.54) is 5.56 Å². The molecule has 12 heavy (non-hydrogen) atoms. The Balaban J connectivity index is 0.00000144. The molecule has 0 aromatic heterocycles. The van der Waals surface area contributed by atoms with Crippen LogP contribution >= 0.6 is 0 Å². The highest BCUT2D eigenvalue weighted by atomic mass is 16.5. The summed E-state index contributed by atoms with van der Waals surface area (Å²) in [7, 11) is 1.70. The largest absolute Gasteiger partial charge is 1.00 e. The van der Waals surface area contributed by atoms with Gasteiger partial charge in [0.1, 0.15) is 5.75 Å². The molecule has 1 aromatic carbocycles. The van der Waals surface area contributed by atoms with E-state index in [1.54, 1.807) is 7.11 Å². The second kappa shape index (κ2) is 4.15. The summed E-state index contributed by atoms with van der Waals surface area (Å²) in [6.07, 6.45) is 1.12. The lowest BCUT2D eigenvalue weighted by atomic mass is 10.0. The molecule has 0 amide bonds. The summed E-state index contributed by atoms with van der Waals surface area (Å²) in [5.74, 6) is 1.66. The van der Waals surface area contributed by atoms with Crippen LogP contribution in [-0.2, 0) is 6.42 Å². The van der Waals surface area contributed by atoms with Crippen molar-refractivity contribution in [2.45, 2.75) is 20.3 Å². The smallest absolute Gasteiger partial charge is 0.497 e. The van der Waals surface area contributed by atoms with E-state index in [-0.39, 0.29) is 1.43 Å². The second-order valence-corrected chi connectivity index (χ2v) is 3.45. The molecule has 1 nitrogen and oxygen atoms in total. The van der Waals surface area contributed by atoms with Crippen molar-refractivity contribution in [1.29, 1.82) is 0 Å². The highest BCUT2D eigenvalue weighted by molar-refractivity contribution is 5.28. The Morgan fingerprint density at radius 3 is 2.75 bits per heavy atom. The average Bonchev–Trinajstić information content (AvgIpc) is 2.03. The molecule has 0 saturated heterocycles. The highest BCUT2D eigenvalue weighted by Gasteiger charge is 1.98. The normalized spacial score (nSPS) is 10.3. The van der Waals surface area contributed by atoms with Crippen LogP contribution in [-0.4, -0.2) is 7.11 Å². The fourth-order valence-electron chi connectivity index (χ4n) is 1.27. The molecule has 0 atom stereocenters. The van der Waals surface area contributed by atoms with E-state index in [0.29, 0.717) is 5.92 Å². The summed E-state index contributed by atoms with van der Waals surface area (Å²) in [5, 5.41) is 0. The molecule has 0 unspecified atom stereocenters. The molecule has 0 bridgehead atoms. The second-order valence-electron chi connectivity index (χ2n) is 3.45. The highest BCUT2D eigenvalue weighted by Crippen LogP contribution is 2.15. The predicted molar refractivity (Wildman–Crippen MR) is 52.6 cm³/mol. The molecule has 0 aliphatic carbocycles. The topological polar surface area (TPSA) is 9.23 Å². The number of hydrogen-bond donors (Lipinski definition) is 0. The first-order chi connectivity index (χ1) is 5.72. The molecule has 0 N–H and O–H groups in total. The Labute approximate surface area is 75.9 Å². The molecule has 66 valence electrons. The fourth-order valence-corrected chi connectivity index (χ4v) is 1.27. The van der Waals surface area contributed by atoms with E-state index in [2.05, 4.69) is 26.0 Å². The van der Waals surface area contributed by atoms with Crippen molar-refractivity contribution in [3.63, 3.8) is 0 Å². The van der Waals surface area contributed by atoms with E-state index >= 15 is 0 Å². The molecule has 1 aromatic rings. The van der Waals surface area contributed by atoms with Gasteiger partial charge in [-0.1, -0.05) is 26.0 Å². The van der Waals surface area contributed by atoms with E-state index in [9.17, 15) is 0 Å². The van der Waals surface area contributed by atoms with Crippen molar-refractivity contribution in [2.24, 2.45) is 5.92 Å². The maximum atomic E-state index is 5.14. The average molecular weight is 165 g/mol. The van der Waals surface area contributed by atoms with Crippen molar-refractivity contribution in [3.8, 4) is 5.75 Å². The summed E-state index contributed by atoms with van der Waals surface area (Å²) in [5.41, 5.74) is 1.35. The lowest BCUT2D eigenvalue weighted by Gasteiger charge is -2.06. The van der Waals surface area contributed by atoms with Gasteiger partial charge in [-0.05, 0) is 30.0 Å². The van der Waals surface area contributed by atoms with Gasteiger partial charge >= 0.3 is 1.43 Å². The lowest BCUT2D eigenvalue weighted by molar-refractivity contribution is 0.414. The Hall–Kier alpha value is -0.980.